The zero-order valence-electron chi connectivity index (χ0n) is 24.1. The summed E-state index contributed by atoms with van der Waals surface area (Å²) in [5.41, 5.74) is 9.09. The van der Waals surface area contributed by atoms with E-state index in [4.69, 9.17) is 14.4 Å². The maximum atomic E-state index is 6.35. The summed E-state index contributed by atoms with van der Waals surface area (Å²) in [5, 5.41) is 6.99. The van der Waals surface area contributed by atoms with E-state index in [1.165, 1.54) is 21.8 Å². The maximum Gasteiger partial charge on any atom is 0.235 e. The lowest BCUT2D eigenvalue weighted by Gasteiger charge is -2.10. The topological polar surface area (TPSA) is 48.8 Å². The van der Waals surface area contributed by atoms with E-state index in [0.29, 0.717) is 5.95 Å². The van der Waals surface area contributed by atoms with E-state index < -0.39 is 0 Å². The molecule has 0 atom stereocenters. The third kappa shape index (κ3) is 3.43. The maximum absolute atomic E-state index is 6.35. The number of furan rings is 1. The molecule has 5 nitrogen and oxygen atoms in total. The van der Waals surface area contributed by atoms with Crippen LogP contribution in [0.3, 0.4) is 0 Å². The van der Waals surface area contributed by atoms with Gasteiger partial charge in [-0.1, -0.05) is 84.9 Å². The highest BCUT2D eigenvalue weighted by atomic mass is 16.3. The molecule has 5 heteroatoms. The second-order valence-electron chi connectivity index (χ2n) is 11.4. The normalized spacial score (nSPS) is 12.0. The van der Waals surface area contributed by atoms with Crippen LogP contribution in [0.1, 0.15) is 0 Å². The minimum absolute atomic E-state index is 0.622. The number of benzene rings is 6. The van der Waals surface area contributed by atoms with Crippen LogP contribution in [0, 0.1) is 0 Å². The van der Waals surface area contributed by atoms with Crippen LogP contribution in [0.2, 0.25) is 0 Å². The average molecular weight is 577 g/mol. The summed E-state index contributed by atoms with van der Waals surface area (Å²) >= 11 is 0. The van der Waals surface area contributed by atoms with Crippen molar-refractivity contribution in [2.75, 3.05) is 0 Å². The number of aromatic nitrogens is 4. The van der Waals surface area contributed by atoms with Crippen molar-refractivity contribution in [2.45, 2.75) is 0 Å². The number of rotatable bonds is 3. The van der Waals surface area contributed by atoms with Gasteiger partial charge in [-0.3, -0.25) is 4.57 Å². The molecular formula is C40H24N4O. The summed E-state index contributed by atoms with van der Waals surface area (Å²) in [7, 11) is 0. The Morgan fingerprint density at radius 1 is 0.467 bits per heavy atom. The second-order valence-corrected chi connectivity index (χ2v) is 11.4. The smallest absolute Gasteiger partial charge is 0.235 e. The zero-order chi connectivity index (χ0) is 29.5. The second kappa shape index (κ2) is 9.15. The van der Waals surface area contributed by atoms with Crippen molar-refractivity contribution in [3.63, 3.8) is 0 Å². The number of fused-ring (bicyclic) bond motifs is 9. The number of hydrogen-bond acceptors (Lipinski definition) is 3. The molecule has 4 heterocycles. The highest BCUT2D eigenvalue weighted by Crippen LogP contribution is 2.38. The average Bonchev–Trinajstić information content (AvgIpc) is 3.76. The van der Waals surface area contributed by atoms with Gasteiger partial charge in [0.25, 0.3) is 0 Å². The largest absolute Gasteiger partial charge is 0.455 e. The fourth-order valence-corrected chi connectivity index (χ4v) is 7.07. The van der Waals surface area contributed by atoms with E-state index in [1.807, 2.05) is 30.5 Å². The molecule has 0 aliphatic heterocycles. The lowest BCUT2D eigenvalue weighted by Crippen LogP contribution is -2.02. The van der Waals surface area contributed by atoms with Crippen LogP contribution >= 0.6 is 0 Å². The van der Waals surface area contributed by atoms with E-state index >= 15 is 0 Å². The van der Waals surface area contributed by atoms with E-state index in [-0.39, 0.29) is 0 Å². The van der Waals surface area contributed by atoms with Crippen molar-refractivity contribution in [1.29, 1.82) is 0 Å². The third-order valence-corrected chi connectivity index (χ3v) is 9.02. The Labute approximate surface area is 257 Å². The van der Waals surface area contributed by atoms with Crippen LogP contribution in [-0.2, 0) is 0 Å². The summed E-state index contributed by atoms with van der Waals surface area (Å²) in [4.78, 5) is 9.95. The standard InChI is InChI=1S/C40H24N4O/c1-5-16-34-26(10-1)27-11-2-6-17-35(27)43(34)25-20-21-37-32(24-25)28-12-3-7-18-36(28)44(37)40-41-23-22-33(42-40)31-15-9-14-30-29-13-4-8-19-38(29)45-39(30)31/h1-24H. The molecule has 10 rings (SSSR count). The summed E-state index contributed by atoms with van der Waals surface area (Å²) < 4.78 is 10.9. The summed E-state index contributed by atoms with van der Waals surface area (Å²) in [6.07, 6.45) is 1.84. The Hall–Kier alpha value is -6.20. The van der Waals surface area contributed by atoms with Crippen LogP contribution in [0.5, 0.6) is 0 Å². The molecule has 0 unspecified atom stereocenters. The van der Waals surface area contributed by atoms with E-state index in [0.717, 1.165) is 60.7 Å². The van der Waals surface area contributed by atoms with Crippen LogP contribution in [0.4, 0.5) is 0 Å². The van der Waals surface area contributed by atoms with Crippen molar-refractivity contribution in [3.8, 4) is 22.9 Å². The first-order valence-electron chi connectivity index (χ1n) is 15.1. The van der Waals surface area contributed by atoms with Gasteiger partial charge in [0.1, 0.15) is 11.2 Å². The minimum atomic E-state index is 0.622. The predicted octanol–water partition coefficient (Wildman–Crippen LogP) is 10.2. The van der Waals surface area contributed by atoms with Gasteiger partial charge in [0.05, 0.1) is 27.8 Å². The van der Waals surface area contributed by atoms with E-state index in [2.05, 4.69) is 124 Å². The van der Waals surface area contributed by atoms with Gasteiger partial charge in [0.2, 0.25) is 5.95 Å². The Kier molecular flexibility index (Phi) is 4.93. The van der Waals surface area contributed by atoms with Gasteiger partial charge in [0.15, 0.2) is 0 Å². The molecule has 4 aromatic heterocycles. The molecule has 0 amide bonds. The van der Waals surface area contributed by atoms with Crippen LogP contribution < -0.4 is 0 Å². The van der Waals surface area contributed by atoms with Crippen molar-refractivity contribution >= 4 is 65.6 Å². The molecule has 0 saturated heterocycles. The molecule has 45 heavy (non-hydrogen) atoms. The van der Waals surface area contributed by atoms with Crippen molar-refractivity contribution in [3.05, 3.63) is 146 Å². The number of nitrogens with zero attached hydrogens (tertiary/aromatic N) is 4. The van der Waals surface area contributed by atoms with Gasteiger partial charge < -0.3 is 8.98 Å². The van der Waals surface area contributed by atoms with Crippen LogP contribution in [-0.4, -0.2) is 19.1 Å². The molecule has 0 N–H and O–H groups in total. The van der Waals surface area contributed by atoms with Gasteiger partial charge in [-0.15, -0.1) is 0 Å². The quantitative estimate of drug-likeness (QED) is 0.210. The van der Waals surface area contributed by atoms with Gasteiger partial charge in [0, 0.05) is 49.8 Å². The predicted molar refractivity (Wildman–Crippen MR) is 183 cm³/mol. The molecule has 0 fully saturated rings. The molecule has 0 spiro atoms. The van der Waals surface area contributed by atoms with Gasteiger partial charge in [-0.25, -0.2) is 9.97 Å². The molecule has 0 aliphatic rings. The number of hydrogen-bond donors (Lipinski definition) is 0. The molecular weight excluding hydrogens is 552 g/mol. The van der Waals surface area contributed by atoms with Crippen molar-refractivity contribution in [1.82, 2.24) is 19.1 Å². The minimum Gasteiger partial charge on any atom is -0.455 e. The molecule has 0 saturated carbocycles. The van der Waals surface area contributed by atoms with E-state index in [9.17, 15) is 0 Å². The fraction of sp³-hybridized carbons (Fsp3) is 0. The van der Waals surface area contributed by atoms with E-state index in [1.54, 1.807) is 0 Å². The highest BCUT2D eigenvalue weighted by molar-refractivity contribution is 6.12. The molecule has 0 bridgehead atoms. The first-order chi connectivity index (χ1) is 22.3. The van der Waals surface area contributed by atoms with Gasteiger partial charge in [-0.2, -0.15) is 0 Å². The van der Waals surface area contributed by atoms with Crippen molar-refractivity contribution in [2.24, 2.45) is 0 Å². The molecule has 0 radical (unpaired) electrons. The molecule has 10 aromatic rings. The Morgan fingerprint density at radius 2 is 1.07 bits per heavy atom. The fourth-order valence-electron chi connectivity index (χ4n) is 7.07. The first-order valence-corrected chi connectivity index (χ1v) is 15.1. The summed E-state index contributed by atoms with van der Waals surface area (Å²) in [6.45, 7) is 0. The lowest BCUT2D eigenvalue weighted by atomic mass is 10.1. The van der Waals surface area contributed by atoms with Gasteiger partial charge >= 0.3 is 0 Å². The summed E-state index contributed by atoms with van der Waals surface area (Å²) in [6, 6.07) is 48.8. The first kappa shape index (κ1) is 24.3. The molecule has 210 valence electrons. The highest BCUT2D eigenvalue weighted by Gasteiger charge is 2.19. The third-order valence-electron chi connectivity index (χ3n) is 9.02. The Balaban J connectivity index is 1.20. The summed E-state index contributed by atoms with van der Waals surface area (Å²) in [5.74, 6) is 0.622. The molecule has 0 aliphatic carbocycles. The van der Waals surface area contributed by atoms with Gasteiger partial charge in [-0.05, 0) is 54.6 Å². The van der Waals surface area contributed by atoms with Crippen LogP contribution in [0.15, 0.2) is 150 Å². The molecule has 6 aromatic carbocycles. The monoisotopic (exact) mass is 576 g/mol. The van der Waals surface area contributed by atoms with Crippen molar-refractivity contribution < 1.29 is 4.42 Å². The number of para-hydroxylation sites is 5. The Morgan fingerprint density at radius 3 is 1.82 bits per heavy atom. The zero-order valence-corrected chi connectivity index (χ0v) is 24.1. The SMILES string of the molecule is c1ccc2c(c1)oc1c(-c3ccnc(-n4c5ccccc5c5cc(-n6c7ccccc7c7ccccc76)ccc54)n3)cccc12. The Bertz CT molecular complexity index is 2730. The lowest BCUT2D eigenvalue weighted by molar-refractivity contribution is 0.670. The van der Waals surface area contributed by atoms with Crippen LogP contribution in [0.25, 0.3) is 88.4 Å².